The standard InChI is InChI=1S/C17H20O3/c1-12-7-8-15(17(9-12)20-3)16(18)11-13-5-4-6-14(10-13)19-2/h4-10,16,18H,11H2,1-3H3. The van der Waals surface area contributed by atoms with E-state index in [1.165, 1.54) is 0 Å². The van der Waals surface area contributed by atoms with Crippen molar-refractivity contribution in [3.05, 3.63) is 59.2 Å². The molecule has 0 saturated carbocycles. The molecule has 3 heteroatoms. The molecule has 0 heterocycles. The Bertz CT molecular complexity index is 578. The van der Waals surface area contributed by atoms with E-state index in [0.29, 0.717) is 6.42 Å². The molecule has 0 saturated heterocycles. The van der Waals surface area contributed by atoms with E-state index in [0.717, 1.165) is 28.2 Å². The number of hydrogen-bond donors (Lipinski definition) is 1. The number of aliphatic hydroxyl groups is 1. The summed E-state index contributed by atoms with van der Waals surface area (Å²) in [7, 11) is 3.26. The van der Waals surface area contributed by atoms with Crippen LogP contribution in [0.4, 0.5) is 0 Å². The third kappa shape index (κ3) is 3.31. The maximum atomic E-state index is 10.4. The Morgan fingerprint density at radius 1 is 1.05 bits per heavy atom. The summed E-state index contributed by atoms with van der Waals surface area (Å²) in [5, 5.41) is 10.4. The molecule has 0 amide bonds. The molecule has 2 rings (SSSR count). The molecule has 2 aromatic rings. The number of methoxy groups -OCH3 is 2. The fraction of sp³-hybridized carbons (Fsp3) is 0.294. The van der Waals surface area contributed by atoms with Gasteiger partial charge >= 0.3 is 0 Å². The third-order valence-corrected chi connectivity index (χ3v) is 3.31. The van der Waals surface area contributed by atoms with E-state index < -0.39 is 6.10 Å². The first-order chi connectivity index (χ1) is 9.63. The van der Waals surface area contributed by atoms with Crippen LogP contribution in [-0.2, 0) is 6.42 Å². The SMILES string of the molecule is COc1cccc(CC(O)c2ccc(C)cc2OC)c1. The summed E-state index contributed by atoms with van der Waals surface area (Å²) >= 11 is 0. The molecule has 0 aliphatic heterocycles. The number of rotatable bonds is 5. The van der Waals surface area contributed by atoms with Gasteiger partial charge in [0.25, 0.3) is 0 Å². The van der Waals surface area contributed by atoms with Gasteiger partial charge in [0.15, 0.2) is 0 Å². The van der Waals surface area contributed by atoms with Crippen LogP contribution < -0.4 is 9.47 Å². The van der Waals surface area contributed by atoms with Crippen LogP contribution >= 0.6 is 0 Å². The highest BCUT2D eigenvalue weighted by atomic mass is 16.5. The molecule has 0 spiro atoms. The van der Waals surface area contributed by atoms with Crippen molar-refractivity contribution in [3.8, 4) is 11.5 Å². The molecule has 3 nitrogen and oxygen atoms in total. The summed E-state index contributed by atoms with van der Waals surface area (Å²) < 4.78 is 10.5. The number of aliphatic hydroxyl groups excluding tert-OH is 1. The average molecular weight is 272 g/mol. The fourth-order valence-corrected chi connectivity index (χ4v) is 2.23. The van der Waals surface area contributed by atoms with Gasteiger partial charge < -0.3 is 14.6 Å². The van der Waals surface area contributed by atoms with Crippen LogP contribution in [0.25, 0.3) is 0 Å². The van der Waals surface area contributed by atoms with Crippen molar-refractivity contribution in [3.63, 3.8) is 0 Å². The maximum Gasteiger partial charge on any atom is 0.124 e. The smallest absolute Gasteiger partial charge is 0.124 e. The van der Waals surface area contributed by atoms with Gasteiger partial charge in [-0.3, -0.25) is 0 Å². The quantitative estimate of drug-likeness (QED) is 0.907. The van der Waals surface area contributed by atoms with Crippen LogP contribution in [0.2, 0.25) is 0 Å². The van der Waals surface area contributed by atoms with Gasteiger partial charge in [0.2, 0.25) is 0 Å². The van der Waals surface area contributed by atoms with E-state index >= 15 is 0 Å². The predicted octanol–water partition coefficient (Wildman–Crippen LogP) is 3.29. The topological polar surface area (TPSA) is 38.7 Å². The lowest BCUT2D eigenvalue weighted by atomic mass is 9.99. The van der Waals surface area contributed by atoms with Gasteiger partial charge in [0, 0.05) is 12.0 Å². The van der Waals surface area contributed by atoms with Crippen molar-refractivity contribution in [1.29, 1.82) is 0 Å². The highest BCUT2D eigenvalue weighted by Crippen LogP contribution is 2.29. The summed E-state index contributed by atoms with van der Waals surface area (Å²) in [6.45, 7) is 2.00. The highest BCUT2D eigenvalue weighted by molar-refractivity contribution is 5.39. The zero-order valence-corrected chi connectivity index (χ0v) is 12.1. The van der Waals surface area contributed by atoms with Gasteiger partial charge in [-0.25, -0.2) is 0 Å². The van der Waals surface area contributed by atoms with Crippen molar-refractivity contribution in [2.24, 2.45) is 0 Å². The Kier molecular flexibility index (Phi) is 4.64. The number of benzene rings is 2. The zero-order chi connectivity index (χ0) is 14.5. The van der Waals surface area contributed by atoms with E-state index in [1.807, 2.05) is 49.4 Å². The molecule has 2 aromatic carbocycles. The second-order valence-corrected chi connectivity index (χ2v) is 4.82. The maximum absolute atomic E-state index is 10.4. The van der Waals surface area contributed by atoms with E-state index in [1.54, 1.807) is 14.2 Å². The molecule has 1 N–H and O–H groups in total. The molecule has 1 unspecified atom stereocenters. The fourth-order valence-electron chi connectivity index (χ4n) is 2.23. The molecule has 1 atom stereocenters. The van der Waals surface area contributed by atoms with Gasteiger partial charge in [-0.1, -0.05) is 24.3 Å². The Labute approximate surface area is 119 Å². The van der Waals surface area contributed by atoms with Crippen LogP contribution in [0, 0.1) is 6.92 Å². The molecule has 0 aromatic heterocycles. The molecule has 0 radical (unpaired) electrons. The first-order valence-corrected chi connectivity index (χ1v) is 6.59. The summed E-state index contributed by atoms with van der Waals surface area (Å²) in [5.41, 5.74) is 2.94. The van der Waals surface area contributed by atoms with Crippen LogP contribution in [0.15, 0.2) is 42.5 Å². The minimum atomic E-state index is -0.599. The van der Waals surface area contributed by atoms with Gasteiger partial charge in [-0.15, -0.1) is 0 Å². The van der Waals surface area contributed by atoms with Crippen molar-refractivity contribution < 1.29 is 14.6 Å². The average Bonchev–Trinajstić information content (AvgIpc) is 2.47. The largest absolute Gasteiger partial charge is 0.497 e. The lowest BCUT2D eigenvalue weighted by Crippen LogP contribution is -2.04. The van der Waals surface area contributed by atoms with Crippen LogP contribution in [0.1, 0.15) is 22.8 Å². The van der Waals surface area contributed by atoms with Crippen LogP contribution in [0.5, 0.6) is 11.5 Å². The molecule has 0 bridgehead atoms. The summed E-state index contributed by atoms with van der Waals surface area (Å²) in [6.07, 6.45) is -0.0750. The Morgan fingerprint density at radius 2 is 1.85 bits per heavy atom. The number of hydrogen-bond acceptors (Lipinski definition) is 3. The van der Waals surface area contributed by atoms with Gasteiger partial charge in [-0.05, 0) is 36.2 Å². The van der Waals surface area contributed by atoms with Gasteiger partial charge in [0.1, 0.15) is 11.5 Å². The Morgan fingerprint density at radius 3 is 2.55 bits per heavy atom. The summed E-state index contributed by atoms with van der Waals surface area (Å²) in [5.74, 6) is 1.52. The molecular formula is C17H20O3. The van der Waals surface area contributed by atoms with E-state index in [2.05, 4.69) is 0 Å². The highest BCUT2D eigenvalue weighted by Gasteiger charge is 2.14. The summed E-state index contributed by atoms with van der Waals surface area (Å²) in [6, 6.07) is 13.6. The predicted molar refractivity (Wildman–Crippen MR) is 79.4 cm³/mol. The van der Waals surface area contributed by atoms with Crippen molar-refractivity contribution in [2.75, 3.05) is 14.2 Å². The lowest BCUT2D eigenvalue weighted by Gasteiger charge is -2.16. The second kappa shape index (κ2) is 6.44. The van der Waals surface area contributed by atoms with Crippen molar-refractivity contribution >= 4 is 0 Å². The molecule has 20 heavy (non-hydrogen) atoms. The first kappa shape index (κ1) is 14.4. The molecule has 0 fully saturated rings. The number of ether oxygens (including phenoxy) is 2. The van der Waals surface area contributed by atoms with Crippen LogP contribution in [0.3, 0.4) is 0 Å². The van der Waals surface area contributed by atoms with Crippen molar-refractivity contribution in [1.82, 2.24) is 0 Å². The van der Waals surface area contributed by atoms with Gasteiger partial charge in [0.05, 0.1) is 20.3 Å². The second-order valence-electron chi connectivity index (χ2n) is 4.82. The zero-order valence-electron chi connectivity index (χ0n) is 12.1. The van der Waals surface area contributed by atoms with E-state index in [4.69, 9.17) is 9.47 Å². The minimum Gasteiger partial charge on any atom is -0.497 e. The normalized spacial score (nSPS) is 12.0. The molecule has 0 aliphatic rings. The van der Waals surface area contributed by atoms with Crippen molar-refractivity contribution in [2.45, 2.75) is 19.4 Å². The molecular weight excluding hydrogens is 252 g/mol. The number of aryl methyl sites for hydroxylation is 1. The molecule has 106 valence electrons. The first-order valence-electron chi connectivity index (χ1n) is 6.59. The third-order valence-electron chi connectivity index (χ3n) is 3.31. The van der Waals surface area contributed by atoms with Gasteiger partial charge in [-0.2, -0.15) is 0 Å². The lowest BCUT2D eigenvalue weighted by molar-refractivity contribution is 0.174. The summed E-state index contributed by atoms with van der Waals surface area (Å²) in [4.78, 5) is 0. The monoisotopic (exact) mass is 272 g/mol. The minimum absolute atomic E-state index is 0.524. The van der Waals surface area contributed by atoms with E-state index in [-0.39, 0.29) is 0 Å². The Hall–Kier alpha value is -2.00. The van der Waals surface area contributed by atoms with E-state index in [9.17, 15) is 5.11 Å². The Balaban J connectivity index is 2.21. The molecule has 0 aliphatic carbocycles. The van der Waals surface area contributed by atoms with Crippen LogP contribution in [-0.4, -0.2) is 19.3 Å².